The van der Waals surface area contributed by atoms with Crippen LogP contribution in [-0.4, -0.2) is 23.2 Å². The maximum Gasteiger partial charge on any atom is 0.312 e. The first-order valence-corrected chi connectivity index (χ1v) is 4.29. The van der Waals surface area contributed by atoms with E-state index in [1.54, 1.807) is 26.3 Å². The van der Waals surface area contributed by atoms with Crippen LogP contribution in [0.3, 0.4) is 0 Å². The summed E-state index contributed by atoms with van der Waals surface area (Å²) in [6.45, 7) is 3.46. The number of ether oxygens (including phenoxy) is 1. The van der Waals surface area contributed by atoms with E-state index in [-0.39, 0.29) is 0 Å². The average Bonchev–Trinajstić information content (AvgIpc) is 2.17. The third-order valence-electron chi connectivity index (χ3n) is 2.11. The van der Waals surface area contributed by atoms with Crippen LogP contribution in [0.25, 0.3) is 0 Å². The molecule has 0 aromatic carbocycles. The van der Waals surface area contributed by atoms with Crippen LogP contribution in [0.2, 0.25) is 0 Å². The van der Waals surface area contributed by atoms with Crippen molar-refractivity contribution in [2.75, 3.05) is 7.11 Å². The second-order valence-corrected chi connectivity index (χ2v) is 3.14. The Morgan fingerprint density at radius 2 is 2.29 bits per heavy atom. The first kappa shape index (κ1) is 10.5. The van der Waals surface area contributed by atoms with Gasteiger partial charge in [-0.2, -0.15) is 0 Å². The van der Waals surface area contributed by atoms with Crippen molar-refractivity contribution in [2.45, 2.75) is 19.8 Å². The minimum atomic E-state index is -0.886. The predicted octanol–water partition coefficient (Wildman–Crippen LogP) is 1.59. The summed E-state index contributed by atoms with van der Waals surface area (Å²) in [5, 5.41) is 8.79. The quantitative estimate of drug-likeness (QED) is 0.795. The van der Waals surface area contributed by atoms with Crippen LogP contribution >= 0.6 is 0 Å². The highest BCUT2D eigenvalue weighted by molar-refractivity contribution is 5.75. The summed E-state index contributed by atoms with van der Waals surface area (Å²) in [5.74, 6) is -0.823. The summed E-state index contributed by atoms with van der Waals surface area (Å²) >= 11 is 0. The molecule has 1 aromatic heterocycles. The molecular weight excluding hydrogens is 182 g/mol. The van der Waals surface area contributed by atoms with Gasteiger partial charge in [-0.25, -0.2) is 0 Å². The summed E-state index contributed by atoms with van der Waals surface area (Å²) in [4.78, 5) is 14.8. The summed E-state index contributed by atoms with van der Waals surface area (Å²) in [7, 11) is 1.55. The van der Waals surface area contributed by atoms with E-state index in [9.17, 15) is 4.79 Å². The third-order valence-corrected chi connectivity index (χ3v) is 2.11. The average molecular weight is 195 g/mol. The van der Waals surface area contributed by atoms with Gasteiger partial charge in [0.25, 0.3) is 0 Å². The smallest absolute Gasteiger partial charge is 0.312 e. The second kappa shape index (κ2) is 4.09. The molecule has 0 saturated heterocycles. The Morgan fingerprint density at radius 3 is 2.79 bits per heavy atom. The van der Waals surface area contributed by atoms with Crippen LogP contribution in [0.1, 0.15) is 24.1 Å². The van der Waals surface area contributed by atoms with E-state index < -0.39 is 11.9 Å². The highest BCUT2D eigenvalue weighted by atomic mass is 16.5. The van der Waals surface area contributed by atoms with Crippen LogP contribution in [-0.2, 0) is 4.79 Å². The number of aliphatic carboxylic acids is 1. The second-order valence-electron chi connectivity index (χ2n) is 3.14. The lowest BCUT2D eigenvalue weighted by molar-refractivity contribution is -0.138. The number of aryl methyl sites for hydroxylation is 1. The molecule has 0 bridgehead atoms. The van der Waals surface area contributed by atoms with Crippen LogP contribution < -0.4 is 4.74 Å². The van der Waals surface area contributed by atoms with Crippen molar-refractivity contribution in [1.82, 2.24) is 4.98 Å². The molecule has 1 N–H and O–H groups in total. The highest BCUT2D eigenvalue weighted by Gasteiger charge is 2.16. The molecule has 4 nitrogen and oxygen atoms in total. The summed E-state index contributed by atoms with van der Waals surface area (Å²) in [5.41, 5.74) is 1.41. The summed E-state index contributed by atoms with van der Waals surface area (Å²) in [6.07, 6.45) is 1.62. The number of aromatic nitrogens is 1. The van der Waals surface area contributed by atoms with Crippen LogP contribution in [0, 0.1) is 6.92 Å². The molecule has 0 radical (unpaired) electrons. The molecule has 0 saturated carbocycles. The predicted molar refractivity (Wildman–Crippen MR) is 51.6 cm³/mol. The number of pyridine rings is 1. The van der Waals surface area contributed by atoms with Crippen molar-refractivity contribution < 1.29 is 14.6 Å². The molecule has 0 aliphatic rings. The van der Waals surface area contributed by atoms with Crippen molar-refractivity contribution in [3.63, 3.8) is 0 Å². The topological polar surface area (TPSA) is 59.4 Å². The van der Waals surface area contributed by atoms with Gasteiger partial charge in [0.05, 0.1) is 18.7 Å². The minimum absolute atomic E-state index is 0.514. The molecule has 0 aliphatic heterocycles. The third kappa shape index (κ3) is 2.02. The van der Waals surface area contributed by atoms with Crippen molar-refractivity contribution >= 4 is 5.97 Å². The minimum Gasteiger partial charge on any atom is -0.496 e. The Balaban J connectivity index is 3.06. The van der Waals surface area contributed by atoms with Gasteiger partial charge in [0, 0.05) is 17.8 Å². The molecule has 76 valence electrons. The number of carbonyl (C=O) groups is 1. The normalized spacial score (nSPS) is 12.2. The van der Waals surface area contributed by atoms with Crippen molar-refractivity contribution in [2.24, 2.45) is 0 Å². The number of nitrogens with zero attached hydrogens (tertiary/aromatic N) is 1. The maximum absolute atomic E-state index is 10.7. The molecule has 4 heteroatoms. The monoisotopic (exact) mass is 195 g/mol. The molecular formula is C10H13NO3. The van der Waals surface area contributed by atoms with E-state index in [2.05, 4.69) is 4.98 Å². The Labute approximate surface area is 82.5 Å². The Kier molecular flexibility index (Phi) is 3.06. The fourth-order valence-electron chi connectivity index (χ4n) is 1.10. The van der Waals surface area contributed by atoms with Gasteiger partial charge in [-0.15, -0.1) is 0 Å². The molecule has 1 unspecified atom stereocenters. The van der Waals surface area contributed by atoms with Gasteiger partial charge >= 0.3 is 5.97 Å². The van der Waals surface area contributed by atoms with Crippen LogP contribution in [0.4, 0.5) is 0 Å². The number of carboxylic acids is 1. The highest BCUT2D eigenvalue weighted by Crippen LogP contribution is 2.21. The van der Waals surface area contributed by atoms with Gasteiger partial charge in [0.2, 0.25) is 0 Å². The van der Waals surface area contributed by atoms with Crippen molar-refractivity contribution in [1.29, 1.82) is 0 Å². The molecule has 0 fully saturated rings. The van der Waals surface area contributed by atoms with E-state index in [0.29, 0.717) is 11.4 Å². The lowest BCUT2D eigenvalue weighted by atomic mass is 10.1. The molecule has 0 spiro atoms. The molecule has 1 heterocycles. The molecule has 1 aromatic rings. The molecule has 1 atom stereocenters. The van der Waals surface area contributed by atoms with Gasteiger partial charge in [0.1, 0.15) is 5.75 Å². The summed E-state index contributed by atoms with van der Waals surface area (Å²) in [6, 6.07) is 1.66. The number of rotatable bonds is 3. The molecule has 14 heavy (non-hydrogen) atoms. The number of hydrogen-bond donors (Lipinski definition) is 1. The Bertz CT molecular complexity index is 349. The number of methoxy groups -OCH3 is 1. The molecule has 1 rings (SSSR count). The zero-order valence-corrected chi connectivity index (χ0v) is 8.44. The van der Waals surface area contributed by atoms with Gasteiger partial charge in [-0.1, -0.05) is 0 Å². The summed E-state index contributed by atoms with van der Waals surface area (Å²) < 4.78 is 5.08. The van der Waals surface area contributed by atoms with Crippen LogP contribution in [0.5, 0.6) is 5.75 Å². The van der Waals surface area contributed by atoms with E-state index in [0.717, 1.165) is 5.56 Å². The SMILES string of the molecule is COc1cc(C(C)C(=O)O)ncc1C. The number of hydrogen-bond acceptors (Lipinski definition) is 3. The number of carboxylic acid groups (broad SMARTS) is 1. The van der Waals surface area contributed by atoms with Crippen molar-refractivity contribution in [3.05, 3.63) is 23.5 Å². The van der Waals surface area contributed by atoms with Gasteiger partial charge in [-0.3, -0.25) is 9.78 Å². The first-order chi connectivity index (χ1) is 6.56. The van der Waals surface area contributed by atoms with Crippen molar-refractivity contribution in [3.8, 4) is 5.75 Å². The van der Waals surface area contributed by atoms with Gasteiger partial charge < -0.3 is 9.84 Å². The van der Waals surface area contributed by atoms with E-state index >= 15 is 0 Å². The lowest BCUT2D eigenvalue weighted by Crippen LogP contribution is -2.09. The molecule has 0 aliphatic carbocycles. The van der Waals surface area contributed by atoms with Gasteiger partial charge in [0.15, 0.2) is 0 Å². The van der Waals surface area contributed by atoms with Crippen LogP contribution in [0.15, 0.2) is 12.3 Å². The fourth-order valence-corrected chi connectivity index (χ4v) is 1.10. The van der Waals surface area contributed by atoms with E-state index in [1.165, 1.54) is 0 Å². The Morgan fingerprint density at radius 1 is 1.64 bits per heavy atom. The van der Waals surface area contributed by atoms with E-state index in [4.69, 9.17) is 9.84 Å². The lowest BCUT2D eigenvalue weighted by Gasteiger charge is -2.09. The maximum atomic E-state index is 10.7. The zero-order chi connectivity index (χ0) is 10.7. The Hall–Kier alpha value is -1.58. The van der Waals surface area contributed by atoms with Gasteiger partial charge in [-0.05, 0) is 13.8 Å². The standard InChI is InChI=1S/C10H13NO3/c1-6-5-11-8(4-9(6)14-3)7(2)10(12)13/h4-5,7H,1-3H3,(H,12,13). The fraction of sp³-hybridized carbons (Fsp3) is 0.400. The van der Waals surface area contributed by atoms with E-state index in [1.807, 2.05) is 6.92 Å². The largest absolute Gasteiger partial charge is 0.496 e. The zero-order valence-electron chi connectivity index (χ0n) is 8.44. The molecule has 0 amide bonds. The first-order valence-electron chi connectivity index (χ1n) is 4.29.